The largest absolute Gasteiger partial charge is 0.380 e. The van der Waals surface area contributed by atoms with Gasteiger partial charge in [-0.1, -0.05) is 0 Å². The molecule has 1 unspecified atom stereocenters. The molecule has 0 bridgehead atoms. The van der Waals surface area contributed by atoms with Gasteiger partial charge in [0.15, 0.2) is 0 Å². The minimum atomic E-state index is -3.63. The van der Waals surface area contributed by atoms with Gasteiger partial charge >= 0.3 is 6.72 Å². The molecule has 5 nitrogen and oxygen atoms in total. The van der Waals surface area contributed by atoms with Crippen molar-refractivity contribution < 1.29 is 23.8 Å². The Morgan fingerprint density at radius 2 is 2.33 bits per heavy atom. The summed E-state index contributed by atoms with van der Waals surface area (Å²) in [7, 11) is 8.32. The predicted molar refractivity (Wildman–Crippen MR) is 60.3 cm³/mol. The van der Waals surface area contributed by atoms with E-state index in [9.17, 15) is 0 Å². The molecule has 1 aliphatic rings. The zero-order valence-corrected chi connectivity index (χ0v) is 9.99. The van der Waals surface area contributed by atoms with Crippen LogP contribution >= 0.6 is 6.72 Å². The molecule has 1 heterocycles. The Morgan fingerprint density at radius 1 is 1.67 bits per heavy atom. The van der Waals surface area contributed by atoms with Gasteiger partial charge in [-0.15, -0.1) is 0 Å². The minimum absolute atomic E-state index is 0.00682. The summed E-state index contributed by atoms with van der Waals surface area (Å²) in [5.41, 5.74) is 0. The smallest absolute Gasteiger partial charge is 0.321 e. The van der Waals surface area contributed by atoms with Gasteiger partial charge < -0.3 is 23.8 Å². The number of hydrogen-bond acceptors (Lipinski definition) is 4. The number of rotatable bonds is 5. The predicted octanol–water partition coefficient (Wildman–Crippen LogP) is -0.870. The fourth-order valence-electron chi connectivity index (χ4n) is 1.44. The molecule has 1 saturated heterocycles. The Kier molecular flexibility index (Phi) is 5.25. The fourth-order valence-corrected chi connectivity index (χ4v) is 1.96. The molecule has 1 rings (SSSR count). The van der Waals surface area contributed by atoms with Crippen LogP contribution in [0.3, 0.4) is 0 Å². The first kappa shape index (κ1) is 13.6. The Balaban J connectivity index is 2.43. The zero-order valence-electron chi connectivity index (χ0n) is 8.28. The van der Waals surface area contributed by atoms with Crippen LogP contribution in [0.25, 0.3) is 0 Å². The summed E-state index contributed by atoms with van der Waals surface area (Å²) in [6.07, 6.45) is 0.0820. The SMILES string of the molecule is [B][B][C@H]1CC(OC)[C@@H](COP(O)(O)=S)O1. The molecule has 0 aromatic carbocycles. The normalized spacial score (nSPS) is 31.8. The highest BCUT2D eigenvalue weighted by Gasteiger charge is 2.35. The van der Waals surface area contributed by atoms with Crippen LogP contribution in [0.5, 0.6) is 0 Å². The number of ether oxygens (including phenoxy) is 2. The van der Waals surface area contributed by atoms with E-state index >= 15 is 0 Å². The second kappa shape index (κ2) is 5.77. The first-order valence-electron chi connectivity index (χ1n) is 4.39. The van der Waals surface area contributed by atoms with Gasteiger partial charge in [0.25, 0.3) is 0 Å². The lowest BCUT2D eigenvalue weighted by molar-refractivity contribution is -0.0172. The Hall–Kier alpha value is 0.580. The lowest BCUT2D eigenvalue weighted by atomic mass is 9.51. The van der Waals surface area contributed by atoms with E-state index in [4.69, 9.17) is 31.5 Å². The molecule has 1 fully saturated rings. The third-order valence-electron chi connectivity index (χ3n) is 2.15. The van der Waals surface area contributed by atoms with Crippen molar-refractivity contribution in [3.63, 3.8) is 0 Å². The molecule has 3 radical (unpaired) electrons. The van der Waals surface area contributed by atoms with Crippen LogP contribution < -0.4 is 0 Å². The topological polar surface area (TPSA) is 68.2 Å². The Morgan fingerprint density at radius 3 is 2.80 bits per heavy atom. The van der Waals surface area contributed by atoms with Crippen molar-refractivity contribution in [3.05, 3.63) is 0 Å². The van der Waals surface area contributed by atoms with E-state index in [0.29, 0.717) is 6.42 Å². The summed E-state index contributed by atoms with van der Waals surface area (Å²) in [6.45, 7) is -3.63. The highest BCUT2D eigenvalue weighted by atomic mass is 32.5. The van der Waals surface area contributed by atoms with Gasteiger partial charge in [-0.05, 0) is 18.2 Å². The monoisotopic (exact) mass is 249 g/mol. The van der Waals surface area contributed by atoms with Crippen LogP contribution in [0.15, 0.2) is 0 Å². The van der Waals surface area contributed by atoms with E-state index in [-0.39, 0.29) is 24.8 Å². The molecule has 1 aliphatic heterocycles. The quantitative estimate of drug-likeness (QED) is 0.487. The van der Waals surface area contributed by atoms with Crippen molar-refractivity contribution in [2.24, 2.45) is 0 Å². The number of hydrogen-bond donors (Lipinski definition) is 2. The maximum Gasteiger partial charge on any atom is 0.321 e. The molecule has 15 heavy (non-hydrogen) atoms. The minimum Gasteiger partial charge on any atom is -0.380 e. The fraction of sp³-hybridized carbons (Fsp3) is 1.00. The summed E-state index contributed by atoms with van der Waals surface area (Å²) < 4.78 is 15.3. The Labute approximate surface area is 96.0 Å². The molecule has 0 saturated carbocycles. The molecular formula is C6H12B2O5PS. The highest BCUT2D eigenvalue weighted by Crippen LogP contribution is 2.37. The first-order valence-corrected chi connectivity index (χ1v) is 7.02. The van der Waals surface area contributed by atoms with Crippen molar-refractivity contribution in [3.8, 4) is 0 Å². The van der Waals surface area contributed by atoms with Gasteiger partial charge in [-0.25, -0.2) is 0 Å². The molecule has 9 heteroatoms. The molecular weight excluding hydrogens is 237 g/mol. The van der Waals surface area contributed by atoms with Crippen LogP contribution in [-0.4, -0.2) is 56.6 Å². The Bertz CT molecular complexity index is 250. The van der Waals surface area contributed by atoms with Gasteiger partial charge in [-0.3, -0.25) is 0 Å². The van der Waals surface area contributed by atoms with Crippen molar-refractivity contribution >= 4 is 33.4 Å². The maximum atomic E-state index is 8.89. The number of methoxy groups -OCH3 is 1. The van der Waals surface area contributed by atoms with E-state index < -0.39 is 6.72 Å². The molecule has 83 valence electrons. The summed E-state index contributed by atoms with van der Waals surface area (Å²) >= 11 is 4.32. The standard InChI is InChI=1S/C6H12B2O5PS/c1-11-4-2-6(8-7)13-5(4)3-12-14(9,10)15/h4-6H,2-3H2,1H3,(H2,9,10,15)/t4?,5-,6-/m1/s1. The van der Waals surface area contributed by atoms with Crippen molar-refractivity contribution in [2.45, 2.75) is 24.6 Å². The molecule has 0 spiro atoms. The molecule has 0 amide bonds. The van der Waals surface area contributed by atoms with E-state index in [1.165, 1.54) is 7.17 Å². The average molecular weight is 249 g/mol. The molecule has 0 aromatic rings. The molecule has 0 aliphatic carbocycles. The highest BCUT2D eigenvalue weighted by molar-refractivity contribution is 8.06. The van der Waals surface area contributed by atoms with Crippen LogP contribution in [0, 0.1) is 0 Å². The molecule has 0 aromatic heterocycles. The summed E-state index contributed by atoms with van der Waals surface area (Å²) in [4.78, 5) is 17.8. The van der Waals surface area contributed by atoms with Crippen molar-refractivity contribution in [1.82, 2.24) is 0 Å². The second-order valence-electron chi connectivity index (χ2n) is 3.20. The molecule has 3 atom stereocenters. The van der Waals surface area contributed by atoms with Crippen molar-refractivity contribution in [2.75, 3.05) is 13.7 Å². The van der Waals surface area contributed by atoms with Crippen LogP contribution in [-0.2, 0) is 25.8 Å². The third-order valence-corrected chi connectivity index (χ3v) is 2.95. The van der Waals surface area contributed by atoms with Gasteiger partial charge in [0.1, 0.15) is 6.10 Å². The first-order chi connectivity index (χ1) is 6.96. The summed E-state index contributed by atoms with van der Waals surface area (Å²) in [5.74, 6) is 0. The lowest BCUT2D eigenvalue weighted by Gasteiger charge is -2.18. The van der Waals surface area contributed by atoms with Crippen LogP contribution in [0.2, 0.25) is 0 Å². The summed E-state index contributed by atoms with van der Waals surface area (Å²) in [6, 6.07) is -0.196. The van der Waals surface area contributed by atoms with Gasteiger partial charge in [0.05, 0.1) is 19.9 Å². The van der Waals surface area contributed by atoms with Gasteiger partial charge in [0, 0.05) is 20.9 Å². The van der Waals surface area contributed by atoms with E-state index in [1.807, 2.05) is 0 Å². The zero-order chi connectivity index (χ0) is 11.5. The van der Waals surface area contributed by atoms with E-state index in [1.54, 1.807) is 7.11 Å². The molecule has 2 N–H and O–H groups in total. The maximum absolute atomic E-state index is 8.89. The second-order valence-corrected chi connectivity index (χ2v) is 5.87. The van der Waals surface area contributed by atoms with Gasteiger partial charge in [0.2, 0.25) is 0 Å². The lowest BCUT2D eigenvalue weighted by Crippen LogP contribution is -2.28. The van der Waals surface area contributed by atoms with Crippen LogP contribution in [0.1, 0.15) is 6.42 Å². The summed E-state index contributed by atoms with van der Waals surface area (Å²) in [5, 5.41) is 0. The van der Waals surface area contributed by atoms with E-state index in [0.717, 1.165) is 0 Å². The van der Waals surface area contributed by atoms with Crippen LogP contribution in [0.4, 0.5) is 0 Å². The van der Waals surface area contributed by atoms with Crippen molar-refractivity contribution in [1.29, 1.82) is 0 Å². The average Bonchev–Trinajstić information content (AvgIpc) is 2.56. The van der Waals surface area contributed by atoms with E-state index in [2.05, 4.69) is 11.8 Å². The third kappa shape index (κ3) is 4.53. The van der Waals surface area contributed by atoms with Gasteiger partial charge in [-0.2, -0.15) is 0 Å².